The van der Waals surface area contributed by atoms with E-state index in [2.05, 4.69) is 10.6 Å². The quantitative estimate of drug-likeness (QED) is 0.569. The first-order valence-electron chi connectivity index (χ1n) is 11.0. The van der Waals surface area contributed by atoms with Crippen LogP contribution in [0.3, 0.4) is 0 Å². The van der Waals surface area contributed by atoms with Gasteiger partial charge in [-0.2, -0.15) is 0 Å². The molecule has 1 saturated heterocycles. The molecular formula is C24H26ClN3O5. The van der Waals surface area contributed by atoms with Gasteiger partial charge in [0.05, 0.1) is 12.8 Å². The molecule has 0 radical (unpaired) electrons. The lowest BCUT2D eigenvalue weighted by molar-refractivity contribution is -0.132. The van der Waals surface area contributed by atoms with Crippen LogP contribution in [0.5, 0.6) is 17.2 Å². The van der Waals surface area contributed by atoms with Crippen LogP contribution in [0.25, 0.3) is 0 Å². The number of rotatable bonds is 7. The van der Waals surface area contributed by atoms with Gasteiger partial charge in [-0.3, -0.25) is 14.5 Å². The van der Waals surface area contributed by atoms with Gasteiger partial charge < -0.3 is 20.1 Å². The summed E-state index contributed by atoms with van der Waals surface area (Å²) >= 11 is 6.12. The van der Waals surface area contributed by atoms with Crippen molar-refractivity contribution in [1.29, 1.82) is 0 Å². The highest BCUT2D eigenvalue weighted by atomic mass is 35.5. The zero-order valence-electron chi connectivity index (χ0n) is 18.4. The summed E-state index contributed by atoms with van der Waals surface area (Å²) < 4.78 is 11.0. The first kappa shape index (κ1) is 22.9. The largest absolute Gasteiger partial charge is 0.497 e. The molecule has 0 unspecified atom stereocenters. The first-order valence-corrected chi connectivity index (χ1v) is 11.3. The van der Waals surface area contributed by atoms with Crippen molar-refractivity contribution in [2.75, 3.05) is 19.0 Å². The maximum Gasteiger partial charge on any atom is 0.325 e. The molecule has 33 heavy (non-hydrogen) atoms. The molecule has 1 saturated carbocycles. The summed E-state index contributed by atoms with van der Waals surface area (Å²) in [6, 6.07) is 11.5. The zero-order chi connectivity index (χ0) is 23.4. The number of anilines is 1. The highest BCUT2D eigenvalue weighted by molar-refractivity contribution is 6.31. The van der Waals surface area contributed by atoms with Gasteiger partial charge in [0.1, 0.15) is 17.0 Å². The van der Waals surface area contributed by atoms with Crippen LogP contribution in [-0.4, -0.2) is 41.9 Å². The van der Waals surface area contributed by atoms with Crippen molar-refractivity contribution in [2.24, 2.45) is 0 Å². The van der Waals surface area contributed by atoms with Gasteiger partial charge in [0, 0.05) is 18.0 Å². The topological polar surface area (TPSA) is 97.0 Å². The number of imide groups is 1. The fourth-order valence-corrected chi connectivity index (χ4v) is 4.43. The van der Waals surface area contributed by atoms with Crippen molar-refractivity contribution in [2.45, 2.75) is 44.1 Å². The Labute approximate surface area is 197 Å². The minimum atomic E-state index is -0.794. The average Bonchev–Trinajstić information content (AvgIpc) is 3.03. The number of methoxy groups -OCH3 is 1. The standard InChI is InChI=1S/C24H26ClN3O5/c1-32-17-6-8-18(9-7-17)33-20-10-5-16(25)15-19(20)26-21(29)11-14-28-22(30)24(27-23(28)31)12-3-2-4-13-24/h5-10,15H,2-4,11-14H2,1H3,(H,26,29)(H,27,31). The van der Waals surface area contributed by atoms with Crippen LogP contribution in [0.15, 0.2) is 42.5 Å². The van der Waals surface area contributed by atoms with Gasteiger partial charge >= 0.3 is 6.03 Å². The van der Waals surface area contributed by atoms with Crippen molar-refractivity contribution in [3.05, 3.63) is 47.5 Å². The average molecular weight is 472 g/mol. The Balaban J connectivity index is 1.39. The van der Waals surface area contributed by atoms with Crippen LogP contribution in [0, 0.1) is 0 Å². The van der Waals surface area contributed by atoms with Crippen molar-refractivity contribution >= 4 is 35.1 Å². The zero-order valence-corrected chi connectivity index (χ0v) is 19.1. The molecule has 0 atom stereocenters. The van der Waals surface area contributed by atoms with E-state index in [1.54, 1.807) is 49.6 Å². The molecule has 2 aromatic rings. The smallest absolute Gasteiger partial charge is 0.325 e. The van der Waals surface area contributed by atoms with Crippen LogP contribution >= 0.6 is 11.6 Å². The fourth-order valence-electron chi connectivity index (χ4n) is 4.26. The predicted octanol–water partition coefficient (Wildman–Crippen LogP) is 4.72. The molecule has 9 heteroatoms. The number of halogens is 1. The third-order valence-electron chi connectivity index (χ3n) is 6.02. The lowest BCUT2D eigenvalue weighted by Gasteiger charge is -2.30. The molecule has 2 aliphatic rings. The summed E-state index contributed by atoms with van der Waals surface area (Å²) in [5.41, 5.74) is -0.401. The SMILES string of the molecule is COc1ccc(Oc2ccc(Cl)cc2NC(=O)CCN2C(=O)NC3(CCCCC3)C2=O)cc1. The van der Waals surface area contributed by atoms with Gasteiger partial charge in [0.15, 0.2) is 5.75 Å². The monoisotopic (exact) mass is 471 g/mol. The minimum absolute atomic E-state index is 0.00743. The van der Waals surface area contributed by atoms with Gasteiger partial charge in [0.25, 0.3) is 5.91 Å². The molecule has 4 amide bonds. The Morgan fingerprint density at radius 3 is 2.48 bits per heavy atom. The molecule has 2 N–H and O–H groups in total. The summed E-state index contributed by atoms with van der Waals surface area (Å²) in [5, 5.41) is 6.06. The number of amides is 4. The number of urea groups is 1. The number of carbonyl (C=O) groups excluding carboxylic acids is 3. The second kappa shape index (κ2) is 9.70. The van der Waals surface area contributed by atoms with E-state index in [4.69, 9.17) is 21.1 Å². The lowest BCUT2D eigenvalue weighted by Crippen LogP contribution is -2.48. The van der Waals surface area contributed by atoms with Crippen LogP contribution in [-0.2, 0) is 9.59 Å². The van der Waals surface area contributed by atoms with Crippen LogP contribution in [0.4, 0.5) is 10.5 Å². The van der Waals surface area contributed by atoms with Crippen LogP contribution < -0.4 is 20.1 Å². The lowest BCUT2D eigenvalue weighted by atomic mass is 9.82. The Kier molecular flexibility index (Phi) is 6.74. The Hall–Kier alpha value is -3.26. The highest BCUT2D eigenvalue weighted by Crippen LogP contribution is 2.35. The van der Waals surface area contributed by atoms with Gasteiger partial charge in [-0.25, -0.2) is 4.79 Å². The number of nitrogens with one attached hydrogen (secondary N) is 2. The highest BCUT2D eigenvalue weighted by Gasteiger charge is 2.51. The summed E-state index contributed by atoms with van der Waals surface area (Å²) in [6.45, 7) is 0.00743. The predicted molar refractivity (Wildman–Crippen MR) is 124 cm³/mol. The van der Waals surface area contributed by atoms with Crippen molar-refractivity contribution in [3.8, 4) is 17.2 Å². The van der Waals surface area contributed by atoms with E-state index in [1.807, 2.05) is 0 Å². The van der Waals surface area contributed by atoms with E-state index < -0.39 is 11.6 Å². The molecule has 2 fully saturated rings. The first-order chi connectivity index (χ1) is 15.9. The number of hydrogen-bond donors (Lipinski definition) is 2. The molecule has 1 spiro atoms. The maximum absolute atomic E-state index is 12.9. The number of nitrogens with zero attached hydrogens (tertiary/aromatic N) is 1. The number of hydrogen-bond acceptors (Lipinski definition) is 5. The van der Waals surface area contributed by atoms with E-state index in [9.17, 15) is 14.4 Å². The maximum atomic E-state index is 12.9. The third-order valence-corrected chi connectivity index (χ3v) is 6.25. The van der Waals surface area contributed by atoms with E-state index in [1.165, 1.54) is 0 Å². The molecule has 1 aliphatic heterocycles. The van der Waals surface area contributed by atoms with Gasteiger partial charge in [0.2, 0.25) is 5.91 Å². The molecule has 1 aliphatic carbocycles. The van der Waals surface area contributed by atoms with Crippen molar-refractivity contribution in [1.82, 2.24) is 10.2 Å². The molecule has 8 nitrogen and oxygen atoms in total. The number of carbonyl (C=O) groups is 3. The molecule has 4 rings (SSSR count). The van der Waals surface area contributed by atoms with Gasteiger partial charge in [-0.1, -0.05) is 30.9 Å². The normalized spacial score (nSPS) is 17.1. The molecule has 2 aromatic carbocycles. The van der Waals surface area contributed by atoms with E-state index in [0.29, 0.717) is 40.8 Å². The van der Waals surface area contributed by atoms with E-state index in [0.717, 1.165) is 24.2 Å². The molecule has 174 valence electrons. The molecular weight excluding hydrogens is 446 g/mol. The summed E-state index contributed by atoms with van der Waals surface area (Å²) in [4.78, 5) is 39.1. The Bertz CT molecular complexity index is 1050. The van der Waals surface area contributed by atoms with E-state index >= 15 is 0 Å². The Morgan fingerprint density at radius 1 is 1.09 bits per heavy atom. The second-order valence-corrected chi connectivity index (χ2v) is 8.68. The van der Waals surface area contributed by atoms with Crippen LogP contribution in [0.1, 0.15) is 38.5 Å². The third kappa shape index (κ3) is 5.06. The molecule has 1 heterocycles. The van der Waals surface area contributed by atoms with E-state index in [-0.39, 0.29) is 24.8 Å². The summed E-state index contributed by atoms with van der Waals surface area (Å²) in [5.74, 6) is 1.08. The summed E-state index contributed by atoms with van der Waals surface area (Å²) in [7, 11) is 1.58. The second-order valence-electron chi connectivity index (χ2n) is 8.25. The molecule has 0 aromatic heterocycles. The molecule has 0 bridgehead atoms. The van der Waals surface area contributed by atoms with Gasteiger partial charge in [-0.15, -0.1) is 0 Å². The van der Waals surface area contributed by atoms with Crippen molar-refractivity contribution in [3.63, 3.8) is 0 Å². The number of ether oxygens (including phenoxy) is 2. The Morgan fingerprint density at radius 2 is 1.79 bits per heavy atom. The fraction of sp³-hybridized carbons (Fsp3) is 0.375. The number of benzene rings is 2. The van der Waals surface area contributed by atoms with Gasteiger partial charge in [-0.05, 0) is 55.3 Å². The van der Waals surface area contributed by atoms with Crippen molar-refractivity contribution < 1.29 is 23.9 Å². The minimum Gasteiger partial charge on any atom is -0.497 e. The summed E-state index contributed by atoms with van der Waals surface area (Å²) in [6.07, 6.45) is 4.14. The van der Waals surface area contributed by atoms with Crippen LogP contribution in [0.2, 0.25) is 5.02 Å².